The Balaban J connectivity index is 1.03. The van der Waals surface area contributed by atoms with Crippen LogP contribution in [-0.2, 0) is 0 Å². The monoisotopic (exact) mass is 696 g/mol. The third-order valence-corrected chi connectivity index (χ3v) is 11.8. The molecule has 12 aromatic rings. The molecule has 1 aromatic heterocycles. The van der Waals surface area contributed by atoms with Crippen molar-refractivity contribution in [3.8, 4) is 33.4 Å². The van der Waals surface area contributed by atoms with Crippen molar-refractivity contribution in [2.75, 3.05) is 0 Å². The van der Waals surface area contributed by atoms with E-state index in [4.69, 9.17) is 4.42 Å². The van der Waals surface area contributed by atoms with Crippen LogP contribution in [0.3, 0.4) is 0 Å². The minimum absolute atomic E-state index is 0.918. The summed E-state index contributed by atoms with van der Waals surface area (Å²) < 4.78 is 6.71. The molecule has 0 unspecified atom stereocenters. The van der Waals surface area contributed by atoms with Crippen molar-refractivity contribution in [1.82, 2.24) is 0 Å². The Bertz CT molecular complexity index is 3490. The number of hydrogen-bond acceptors (Lipinski definition) is 1. The number of benzene rings is 11. The molecule has 1 nitrogen and oxygen atoms in total. The van der Waals surface area contributed by atoms with Crippen molar-refractivity contribution in [3.63, 3.8) is 0 Å². The minimum atomic E-state index is 0.918. The second-order valence-electron chi connectivity index (χ2n) is 14.8. The van der Waals surface area contributed by atoms with Gasteiger partial charge in [0.25, 0.3) is 0 Å². The summed E-state index contributed by atoms with van der Waals surface area (Å²) in [6.07, 6.45) is 0. The van der Waals surface area contributed by atoms with Crippen LogP contribution in [0.2, 0.25) is 0 Å². The highest BCUT2D eigenvalue weighted by Gasteiger charge is 2.19. The third kappa shape index (κ3) is 4.54. The number of furan rings is 1. The van der Waals surface area contributed by atoms with E-state index < -0.39 is 0 Å². The summed E-state index contributed by atoms with van der Waals surface area (Å²) in [6, 6.07) is 71.1. The van der Waals surface area contributed by atoms with Crippen LogP contribution >= 0.6 is 0 Å². The highest BCUT2D eigenvalue weighted by atomic mass is 16.3. The average Bonchev–Trinajstić information content (AvgIpc) is 3.64. The lowest BCUT2D eigenvalue weighted by molar-refractivity contribution is 0.673. The van der Waals surface area contributed by atoms with Crippen molar-refractivity contribution >= 4 is 86.6 Å². The van der Waals surface area contributed by atoms with E-state index in [1.54, 1.807) is 0 Å². The van der Waals surface area contributed by atoms with Gasteiger partial charge in [-0.2, -0.15) is 0 Å². The topological polar surface area (TPSA) is 13.1 Å². The first kappa shape index (κ1) is 30.3. The summed E-state index contributed by atoms with van der Waals surface area (Å²) in [7, 11) is 0. The SMILES string of the molecule is c1ccc2cc(-c3c4ccccc4c(-c4ccc5cc(-c6cc7oc8c9ccccc9ccc8c7c7ccccc67)ccc5c4)c4ccccc34)ccc2c1. The molecule has 0 aliphatic carbocycles. The summed E-state index contributed by atoms with van der Waals surface area (Å²) in [5.74, 6) is 0. The van der Waals surface area contributed by atoms with E-state index >= 15 is 0 Å². The number of rotatable bonds is 3. The molecule has 12 rings (SSSR count). The smallest absolute Gasteiger partial charge is 0.143 e. The quantitative estimate of drug-likeness (QED) is 0.168. The second kappa shape index (κ2) is 11.6. The van der Waals surface area contributed by atoms with Gasteiger partial charge in [-0.05, 0) is 123 Å². The molecule has 55 heavy (non-hydrogen) atoms. The van der Waals surface area contributed by atoms with Crippen LogP contribution in [0.25, 0.3) is 120 Å². The van der Waals surface area contributed by atoms with Gasteiger partial charge in [0, 0.05) is 16.2 Å². The maximum absolute atomic E-state index is 6.71. The lowest BCUT2D eigenvalue weighted by Gasteiger charge is -2.18. The molecule has 254 valence electrons. The van der Waals surface area contributed by atoms with Crippen LogP contribution in [0, 0.1) is 0 Å². The standard InChI is InChI=1S/C54H32O/c1-2-13-35-30-39(25-21-33(35)11-1)51-44-17-7-9-19-46(44)52(47-20-10-8-18-45(47)51)40-26-23-36-29-38(24-22-37(36)31-40)49-32-50-53(43-16-6-5-15-42(43)49)48-28-27-34-12-3-4-14-41(34)54(48)55-50/h1-32H. The van der Waals surface area contributed by atoms with Crippen LogP contribution in [0.1, 0.15) is 0 Å². The minimum Gasteiger partial charge on any atom is -0.455 e. The zero-order valence-corrected chi connectivity index (χ0v) is 29.9. The molecule has 0 aliphatic rings. The van der Waals surface area contributed by atoms with E-state index in [2.05, 4.69) is 194 Å². The Morgan fingerprint density at radius 1 is 0.273 bits per heavy atom. The summed E-state index contributed by atoms with van der Waals surface area (Å²) >= 11 is 0. The zero-order valence-electron chi connectivity index (χ0n) is 29.9. The summed E-state index contributed by atoms with van der Waals surface area (Å²) in [5, 5.41) is 17.1. The Labute approximate surface area is 317 Å². The highest BCUT2D eigenvalue weighted by molar-refractivity contribution is 6.26. The van der Waals surface area contributed by atoms with Gasteiger partial charge in [-0.1, -0.05) is 164 Å². The molecule has 0 spiro atoms. The van der Waals surface area contributed by atoms with Gasteiger partial charge < -0.3 is 4.42 Å². The normalized spacial score (nSPS) is 12.0. The average molecular weight is 697 g/mol. The molecule has 0 fully saturated rings. The molecule has 11 aromatic carbocycles. The van der Waals surface area contributed by atoms with E-state index in [-0.39, 0.29) is 0 Å². The van der Waals surface area contributed by atoms with E-state index in [1.165, 1.54) is 98.0 Å². The Morgan fingerprint density at radius 2 is 0.709 bits per heavy atom. The van der Waals surface area contributed by atoms with Gasteiger partial charge >= 0.3 is 0 Å². The molecule has 0 saturated carbocycles. The molecule has 0 atom stereocenters. The van der Waals surface area contributed by atoms with Crippen molar-refractivity contribution < 1.29 is 4.42 Å². The highest BCUT2D eigenvalue weighted by Crippen LogP contribution is 2.46. The van der Waals surface area contributed by atoms with Crippen LogP contribution in [-0.4, -0.2) is 0 Å². The van der Waals surface area contributed by atoms with Crippen molar-refractivity contribution in [3.05, 3.63) is 194 Å². The van der Waals surface area contributed by atoms with Crippen LogP contribution in [0.15, 0.2) is 199 Å². The fourth-order valence-corrected chi connectivity index (χ4v) is 9.27. The zero-order chi connectivity index (χ0) is 36.0. The van der Waals surface area contributed by atoms with Crippen LogP contribution < -0.4 is 0 Å². The molecule has 1 heteroatoms. The summed E-state index contributed by atoms with van der Waals surface area (Å²) in [6.45, 7) is 0. The molecular formula is C54H32O. The lowest BCUT2D eigenvalue weighted by atomic mass is 9.85. The predicted molar refractivity (Wildman–Crippen MR) is 235 cm³/mol. The number of fused-ring (bicyclic) bond motifs is 11. The first-order chi connectivity index (χ1) is 27.3. The van der Waals surface area contributed by atoms with Crippen LogP contribution in [0.4, 0.5) is 0 Å². The molecular weight excluding hydrogens is 665 g/mol. The van der Waals surface area contributed by atoms with E-state index in [9.17, 15) is 0 Å². The second-order valence-corrected chi connectivity index (χ2v) is 14.8. The molecule has 0 N–H and O–H groups in total. The number of hydrogen-bond donors (Lipinski definition) is 0. The summed E-state index contributed by atoms with van der Waals surface area (Å²) in [5.41, 5.74) is 9.25. The molecule has 0 amide bonds. The van der Waals surface area contributed by atoms with E-state index in [0.717, 1.165) is 21.9 Å². The largest absolute Gasteiger partial charge is 0.455 e. The molecule has 0 radical (unpaired) electrons. The molecule has 0 aliphatic heterocycles. The predicted octanol–water partition coefficient (Wildman–Crippen LogP) is 15.5. The fourth-order valence-electron chi connectivity index (χ4n) is 9.27. The van der Waals surface area contributed by atoms with Crippen LogP contribution in [0.5, 0.6) is 0 Å². The maximum Gasteiger partial charge on any atom is 0.143 e. The maximum atomic E-state index is 6.71. The Hall–Kier alpha value is -7.22. The van der Waals surface area contributed by atoms with Gasteiger partial charge in [0.15, 0.2) is 0 Å². The lowest BCUT2D eigenvalue weighted by Crippen LogP contribution is -1.91. The van der Waals surface area contributed by atoms with Crippen molar-refractivity contribution in [2.24, 2.45) is 0 Å². The van der Waals surface area contributed by atoms with E-state index in [1.807, 2.05) is 0 Å². The molecule has 0 saturated heterocycles. The Kier molecular flexibility index (Phi) is 6.40. The third-order valence-electron chi connectivity index (χ3n) is 11.8. The van der Waals surface area contributed by atoms with Gasteiger partial charge in [-0.25, -0.2) is 0 Å². The van der Waals surface area contributed by atoms with Gasteiger partial charge in [-0.15, -0.1) is 0 Å². The van der Waals surface area contributed by atoms with Gasteiger partial charge in [0.2, 0.25) is 0 Å². The molecule has 0 bridgehead atoms. The summed E-state index contributed by atoms with van der Waals surface area (Å²) in [4.78, 5) is 0. The first-order valence-electron chi connectivity index (χ1n) is 19.0. The molecule has 1 heterocycles. The van der Waals surface area contributed by atoms with Gasteiger partial charge in [-0.3, -0.25) is 0 Å². The van der Waals surface area contributed by atoms with Gasteiger partial charge in [0.1, 0.15) is 11.2 Å². The van der Waals surface area contributed by atoms with Crippen molar-refractivity contribution in [1.29, 1.82) is 0 Å². The van der Waals surface area contributed by atoms with E-state index in [0.29, 0.717) is 0 Å². The Morgan fingerprint density at radius 3 is 1.35 bits per heavy atom. The fraction of sp³-hybridized carbons (Fsp3) is 0. The van der Waals surface area contributed by atoms with Gasteiger partial charge in [0.05, 0.1) is 0 Å². The first-order valence-corrected chi connectivity index (χ1v) is 19.0. The van der Waals surface area contributed by atoms with Crippen molar-refractivity contribution in [2.45, 2.75) is 0 Å².